The number of methoxy groups -OCH3 is 1. The van der Waals surface area contributed by atoms with Crippen LogP contribution in [0.2, 0.25) is 0 Å². The summed E-state index contributed by atoms with van der Waals surface area (Å²) in [5, 5.41) is 21.6. The molecule has 0 aromatic carbocycles. The van der Waals surface area contributed by atoms with Gasteiger partial charge in [0.15, 0.2) is 0 Å². The molecule has 6 nitrogen and oxygen atoms in total. The van der Waals surface area contributed by atoms with Crippen LogP contribution in [0.5, 0.6) is 5.88 Å². The van der Waals surface area contributed by atoms with E-state index in [-0.39, 0.29) is 11.4 Å². The molecule has 0 saturated carbocycles. The van der Waals surface area contributed by atoms with Crippen LogP contribution in [0.1, 0.15) is 11.1 Å². The standard InChI is InChI=1S/C14H11N5O/c1-17-13-10(7-15)12(9-3-5-18-6-4-9)11(8-16)14(19-13)20-2/h3-6H,1-2H3,(H,17,19). The van der Waals surface area contributed by atoms with Gasteiger partial charge in [-0.2, -0.15) is 15.5 Å². The van der Waals surface area contributed by atoms with Crippen molar-refractivity contribution < 1.29 is 4.74 Å². The molecular formula is C14H11N5O. The molecule has 0 fully saturated rings. The molecule has 2 aromatic rings. The molecule has 0 saturated heterocycles. The molecule has 0 aliphatic rings. The Morgan fingerprint density at radius 3 is 2.30 bits per heavy atom. The van der Waals surface area contributed by atoms with Gasteiger partial charge < -0.3 is 10.1 Å². The minimum atomic E-state index is 0.183. The molecule has 0 radical (unpaired) electrons. The van der Waals surface area contributed by atoms with Crippen LogP contribution in [0.4, 0.5) is 5.82 Å². The first-order valence-electron chi connectivity index (χ1n) is 5.77. The average molecular weight is 265 g/mol. The number of nitrogens with one attached hydrogen (secondary N) is 1. The third-order valence-corrected chi connectivity index (χ3v) is 2.79. The van der Waals surface area contributed by atoms with Crippen molar-refractivity contribution in [1.82, 2.24) is 9.97 Å². The molecule has 0 spiro atoms. The van der Waals surface area contributed by atoms with E-state index >= 15 is 0 Å². The molecule has 0 aliphatic carbocycles. The van der Waals surface area contributed by atoms with Gasteiger partial charge in [0, 0.05) is 25.0 Å². The summed E-state index contributed by atoms with van der Waals surface area (Å²) >= 11 is 0. The summed E-state index contributed by atoms with van der Waals surface area (Å²) in [6, 6.07) is 7.60. The molecule has 0 bridgehead atoms. The predicted octanol–water partition coefficient (Wildman–Crippen LogP) is 1.94. The molecule has 20 heavy (non-hydrogen) atoms. The van der Waals surface area contributed by atoms with Crippen LogP contribution in [0.25, 0.3) is 11.1 Å². The summed E-state index contributed by atoms with van der Waals surface area (Å²) in [6.45, 7) is 0. The SMILES string of the molecule is CNc1nc(OC)c(C#N)c(-c2ccncc2)c1C#N. The number of aromatic nitrogens is 2. The number of ether oxygens (including phenoxy) is 1. The summed E-state index contributed by atoms with van der Waals surface area (Å²) in [7, 11) is 3.09. The van der Waals surface area contributed by atoms with Gasteiger partial charge in [0.1, 0.15) is 29.1 Å². The Hall–Kier alpha value is -3.12. The van der Waals surface area contributed by atoms with Crippen LogP contribution >= 0.6 is 0 Å². The van der Waals surface area contributed by atoms with E-state index in [2.05, 4.69) is 27.4 Å². The minimum Gasteiger partial charge on any atom is -0.480 e. The molecule has 0 amide bonds. The van der Waals surface area contributed by atoms with E-state index in [1.165, 1.54) is 7.11 Å². The Morgan fingerprint density at radius 1 is 1.15 bits per heavy atom. The maximum atomic E-state index is 9.38. The quantitative estimate of drug-likeness (QED) is 0.911. The zero-order valence-electron chi connectivity index (χ0n) is 11.0. The fraction of sp³-hybridized carbons (Fsp3) is 0.143. The molecule has 6 heteroatoms. The highest BCUT2D eigenvalue weighted by molar-refractivity contribution is 5.82. The maximum Gasteiger partial charge on any atom is 0.234 e. The number of pyridine rings is 2. The number of hydrogen-bond donors (Lipinski definition) is 1. The summed E-state index contributed by atoms with van der Waals surface area (Å²) in [5.41, 5.74) is 1.74. The smallest absolute Gasteiger partial charge is 0.234 e. The molecular weight excluding hydrogens is 254 g/mol. The summed E-state index contributed by atoms with van der Waals surface area (Å²) in [6.07, 6.45) is 3.20. The Balaban J connectivity index is 2.89. The van der Waals surface area contributed by atoms with E-state index in [1.807, 2.05) is 0 Å². The monoisotopic (exact) mass is 265 g/mol. The highest BCUT2D eigenvalue weighted by Gasteiger charge is 2.21. The first-order valence-corrected chi connectivity index (χ1v) is 5.77. The second-order valence-electron chi connectivity index (χ2n) is 3.80. The Morgan fingerprint density at radius 2 is 1.80 bits per heavy atom. The zero-order valence-corrected chi connectivity index (χ0v) is 11.0. The second-order valence-corrected chi connectivity index (χ2v) is 3.80. The topological polar surface area (TPSA) is 94.6 Å². The Bertz CT molecular complexity index is 673. The van der Waals surface area contributed by atoms with Gasteiger partial charge in [0.25, 0.3) is 0 Å². The van der Waals surface area contributed by atoms with E-state index in [1.54, 1.807) is 31.6 Å². The first-order chi connectivity index (χ1) is 9.76. The minimum absolute atomic E-state index is 0.183. The summed E-state index contributed by atoms with van der Waals surface area (Å²) in [4.78, 5) is 8.08. The number of nitriles is 2. The lowest BCUT2D eigenvalue weighted by molar-refractivity contribution is 0.397. The lowest BCUT2D eigenvalue weighted by Gasteiger charge is -2.13. The van der Waals surface area contributed by atoms with Gasteiger partial charge in [0.05, 0.1) is 7.11 Å². The van der Waals surface area contributed by atoms with Crippen molar-refractivity contribution in [2.45, 2.75) is 0 Å². The fourth-order valence-electron chi connectivity index (χ4n) is 1.91. The number of anilines is 1. The number of nitrogens with zero attached hydrogens (tertiary/aromatic N) is 4. The van der Waals surface area contributed by atoms with Crippen molar-refractivity contribution in [2.75, 3.05) is 19.5 Å². The molecule has 1 N–H and O–H groups in total. The van der Waals surface area contributed by atoms with Crippen molar-refractivity contribution in [2.24, 2.45) is 0 Å². The maximum absolute atomic E-state index is 9.38. The molecule has 0 aliphatic heterocycles. The zero-order chi connectivity index (χ0) is 14.5. The summed E-state index contributed by atoms with van der Waals surface area (Å²) < 4.78 is 5.14. The molecule has 0 atom stereocenters. The van der Waals surface area contributed by atoms with Crippen LogP contribution in [0, 0.1) is 22.7 Å². The van der Waals surface area contributed by atoms with Crippen molar-refractivity contribution in [3.05, 3.63) is 35.7 Å². The van der Waals surface area contributed by atoms with E-state index in [0.29, 0.717) is 22.5 Å². The van der Waals surface area contributed by atoms with Gasteiger partial charge in [-0.15, -0.1) is 0 Å². The van der Waals surface area contributed by atoms with E-state index in [4.69, 9.17) is 4.74 Å². The summed E-state index contributed by atoms with van der Waals surface area (Å²) in [5.74, 6) is 0.554. The normalized spacial score (nSPS) is 9.40. The predicted molar refractivity (Wildman–Crippen MR) is 73.0 cm³/mol. The Kier molecular flexibility index (Phi) is 3.78. The van der Waals surface area contributed by atoms with Crippen LogP contribution in [-0.4, -0.2) is 24.1 Å². The first kappa shape index (κ1) is 13.3. The van der Waals surface area contributed by atoms with Crippen LogP contribution in [0.3, 0.4) is 0 Å². The van der Waals surface area contributed by atoms with E-state index < -0.39 is 0 Å². The molecule has 0 unspecified atom stereocenters. The highest BCUT2D eigenvalue weighted by atomic mass is 16.5. The largest absolute Gasteiger partial charge is 0.480 e. The van der Waals surface area contributed by atoms with Crippen LogP contribution in [0.15, 0.2) is 24.5 Å². The van der Waals surface area contributed by atoms with Gasteiger partial charge in [0.2, 0.25) is 5.88 Å². The van der Waals surface area contributed by atoms with E-state index in [0.717, 1.165) is 0 Å². The van der Waals surface area contributed by atoms with Crippen molar-refractivity contribution in [3.63, 3.8) is 0 Å². The highest BCUT2D eigenvalue weighted by Crippen LogP contribution is 2.35. The lowest BCUT2D eigenvalue weighted by Crippen LogP contribution is -2.04. The van der Waals surface area contributed by atoms with Gasteiger partial charge in [-0.1, -0.05) is 0 Å². The van der Waals surface area contributed by atoms with Crippen LogP contribution in [-0.2, 0) is 0 Å². The Labute approximate surface area is 116 Å². The van der Waals surface area contributed by atoms with Crippen molar-refractivity contribution >= 4 is 5.82 Å². The second kappa shape index (κ2) is 5.68. The van der Waals surface area contributed by atoms with Gasteiger partial charge in [-0.3, -0.25) is 4.98 Å². The number of hydrogen-bond acceptors (Lipinski definition) is 6. The fourth-order valence-corrected chi connectivity index (χ4v) is 1.91. The third kappa shape index (κ3) is 2.11. The molecule has 98 valence electrons. The lowest BCUT2D eigenvalue weighted by atomic mass is 9.97. The third-order valence-electron chi connectivity index (χ3n) is 2.79. The molecule has 2 rings (SSSR count). The molecule has 2 heterocycles. The van der Waals surface area contributed by atoms with Crippen molar-refractivity contribution in [3.8, 4) is 29.1 Å². The van der Waals surface area contributed by atoms with Crippen LogP contribution < -0.4 is 10.1 Å². The van der Waals surface area contributed by atoms with E-state index in [9.17, 15) is 10.5 Å². The van der Waals surface area contributed by atoms with Gasteiger partial charge in [-0.05, 0) is 17.7 Å². The number of rotatable bonds is 3. The molecule has 2 aromatic heterocycles. The van der Waals surface area contributed by atoms with Gasteiger partial charge >= 0.3 is 0 Å². The van der Waals surface area contributed by atoms with Crippen molar-refractivity contribution in [1.29, 1.82) is 10.5 Å². The van der Waals surface area contributed by atoms with Gasteiger partial charge in [-0.25, -0.2) is 0 Å². The average Bonchev–Trinajstić information content (AvgIpc) is 2.53.